The number of aromatic nitrogens is 3. The van der Waals surface area contributed by atoms with Crippen molar-refractivity contribution in [2.45, 2.75) is 11.3 Å². The summed E-state index contributed by atoms with van der Waals surface area (Å²) in [5.74, 6) is 0.351. The summed E-state index contributed by atoms with van der Waals surface area (Å²) < 4.78 is 10.9. The lowest BCUT2D eigenvalue weighted by Gasteiger charge is -2.04. The van der Waals surface area contributed by atoms with Gasteiger partial charge in [-0.3, -0.25) is 14.9 Å². The van der Waals surface area contributed by atoms with Crippen LogP contribution in [-0.2, 0) is 4.79 Å². The van der Waals surface area contributed by atoms with Gasteiger partial charge in [-0.05, 0) is 31.2 Å². The van der Waals surface area contributed by atoms with Crippen molar-refractivity contribution in [2.75, 3.05) is 16.4 Å². The smallest absolute Gasteiger partial charge is 0.279 e. The van der Waals surface area contributed by atoms with Crippen molar-refractivity contribution in [3.63, 3.8) is 0 Å². The lowest BCUT2D eigenvalue weighted by molar-refractivity contribution is -0.113. The summed E-state index contributed by atoms with van der Waals surface area (Å²) in [6.45, 7) is 1.98. The molecule has 3 heterocycles. The van der Waals surface area contributed by atoms with Gasteiger partial charge in [-0.2, -0.15) is 0 Å². The number of carbonyl (C=O) groups is 2. The molecule has 0 atom stereocenters. The molecule has 30 heavy (non-hydrogen) atoms. The monoisotopic (exact) mass is 441 g/mol. The molecule has 0 spiro atoms. The van der Waals surface area contributed by atoms with E-state index in [-0.39, 0.29) is 17.4 Å². The molecule has 4 rings (SSSR count). The quantitative estimate of drug-likeness (QED) is 0.325. The third kappa shape index (κ3) is 4.93. The highest BCUT2D eigenvalue weighted by Gasteiger charge is 2.17. The molecule has 2 amide bonds. The Morgan fingerprint density at radius 3 is 2.70 bits per heavy atom. The third-order valence-electron chi connectivity index (χ3n) is 3.80. The fourth-order valence-electron chi connectivity index (χ4n) is 2.36. The summed E-state index contributed by atoms with van der Waals surface area (Å²) in [5.41, 5.74) is 1.94. The van der Waals surface area contributed by atoms with Crippen LogP contribution in [0.25, 0.3) is 11.5 Å². The predicted molar refractivity (Wildman–Crippen MR) is 113 cm³/mol. The molecule has 0 radical (unpaired) electrons. The van der Waals surface area contributed by atoms with E-state index in [0.29, 0.717) is 21.0 Å². The summed E-state index contributed by atoms with van der Waals surface area (Å²) in [7, 11) is 0. The number of aryl methyl sites for hydroxylation is 1. The number of nitrogens with one attached hydrogen (secondary N) is 2. The first-order valence-corrected chi connectivity index (χ1v) is 10.5. The molecule has 0 aliphatic carbocycles. The molecule has 0 aliphatic rings. The molecule has 1 aromatic carbocycles. The molecule has 0 saturated heterocycles. The molecule has 9 nitrogen and oxygen atoms in total. The average molecular weight is 441 g/mol. The number of furan rings is 1. The first kappa shape index (κ1) is 19.9. The van der Waals surface area contributed by atoms with Crippen LogP contribution in [0.2, 0.25) is 0 Å². The van der Waals surface area contributed by atoms with Gasteiger partial charge in [0, 0.05) is 11.8 Å². The maximum atomic E-state index is 12.3. The van der Waals surface area contributed by atoms with E-state index in [1.807, 2.05) is 31.2 Å². The minimum Gasteiger partial charge on any atom is -0.461 e. The van der Waals surface area contributed by atoms with E-state index < -0.39 is 5.91 Å². The molecule has 0 fully saturated rings. The summed E-state index contributed by atoms with van der Waals surface area (Å²) >= 11 is 2.39. The van der Waals surface area contributed by atoms with Crippen LogP contribution in [-0.4, -0.2) is 32.9 Å². The van der Waals surface area contributed by atoms with E-state index in [4.69, 9.17) is 8.94 Å². The van der Waals surface area contributed by atoms with Crippen molar-refractivity contribution >= 4 is 45.7 Å². The highest BCUT2D eigenvalue weighted by molar-refractivity contribution is 8.01. The van der Waals surface area contributed by atoms with Crippen molar-refractivity contribution in [3.05, 3.63) is 60.0 Å². The number of carbonyl (C=O) groups excluding carboxylic acids is 2. The molecule has 4 aromatic rings. The molecule has 0 bridgehead atoms. The molecule has 152 valence electrons. The highest BCUT2D eigenvalue weighted by atomic mass is 32.2. The standard InChI is InChI=1S/C19H15N5O4S2/c1-11-4-6-12(7-5-11)20-16(25)10-29-19-23-22-18(30-19)21-17(26)13-9-15(28-24-13)14-3-2-8-27-14/h2-9H,10H2,1H3,(H,20,25)(H,21,22,26). The summed E-state index contributed by atoms with van der Waals surface area (Å²) in [5, 5.41) is 17.3. The van der Waals surface area contributed by atoms with Crippen LogP contribution in [0.5, 0.6) is 0 Å². The Morgan fingerprint density at radius 2 is 1.93 bits per heavy atom. The number of amides is 2. The number of thioether (sulfide) groups is 1. The van der Waals surface area contributed by atoms with Crippen LogP contribution >= 0.6 is 23.1 Å². The number of hydrogen-bond acceptors (Lipinski definition) is 9. The van der Waals surface area contributed by atoms with Gasteiger partial charge >= 0.3 is 0 Å². The van der Waals surface area contributed by atoms with Gasteiger partial charge in [-0.15, -0.1) is 10.2 Å². The van der Waals surface area contributed by atoms with Gasteiger partial charge in [0.05, 0.1) is 12.0 Å². The Balaban J connectivity index is 1.29. The number of rotatable bonds is 7. The Labute approximate surface area is 178 Å². The Bertz CT molecular complexity index is 1150. The lowest BCUT2D eigenvalue weighted by Crippen LogP contribution is -2.13. The average Bonchev–Trinajstić information content (AvgIpc) is 3.49. The minimum absolute atomic E-state index is 0.0864. The van der Waals surface area contributed by atoms with E-state index in [9.17, 15) is 9.59 Å². The fraction of sp³-hybridized carbons (Fsp3) is 0.105. The van der Waals surface area contributed by atoms with E-state index in [1.165, 1.54) is 24.1 Å². The summed E-state index contributed by atoms with van der Waals surface area (Å²) in [6, 6.07) is 12.4. The van der Waals surface area contributed by atoms with E-state index >= 15 is 0 Å². The number of anilines is 2. The zero-order valence-electron chi connectivity index (χ0n) is 15.6. The van der Waals surface area contributed by atoms with Gasteiger partial charge in [0.25, 0.3) is 5.91 Å². The second-order valence-electron chi connectivity index (χ2n) is 6.08. The van der Waals surface area contributed by atoms with Crippen LogP contribution in [0.15, 0.2) is 62.0 Å². The Morgan fingerprint density at radius 1 is 1.10 bits per heavy atom. The largest absolute Gasteiger partial charge is 0.461 e. The lowest BCUT2D eigenvalue weighted by atomic mass is 10.2. The zero-order chi connectivity index (χ0) is 20.9. The van der Waals surface area contributed by atoms with Crippen molar-refractivity contribution in [1.82, 2.24) is 15.4 Å². The van der Waals surface area contributed by atoms with Gasteiger partial charge in [0.2, 0.25) is 16.8 Å². The fourth-order valence-corrected chi connectivity index (χ4v) is 3.91. The molecule has 11 heteroatoms. The molecule has 0 saturated carbocycles. The summed E-state index contributed by atoms with van der Waals surface area (Å²) in [4.78, 5) is 24.4. The Hall–Kier alpha value is -3.44. The van der Waals surface area contributed by atoms with E-state index in [1.54, 1.807) is 12.1 Å². The SMILES string of the molecule is Cc1ccc(NC(=O)CSc2nnc(NC(=O)c3cc(-c4ccco4)on3)s2)cc1. The maximum absolute atomic E-state index is 12.3. The van der Waals surface area contributed by atoms with Gasteiger partial charge in [0.1, 0.15) is 0 Å². The second-order valence-corrected chi connectivity index (χ2v) is 8.28. The Kier molecular flexibility index (Phi) is 5.91. The molecule has 3 aromatic heterocycles. The normalized spacial score (nSPS) is 10.7. The first-order chi connectivity index (χ1) is 14.6. The van der Waals surface area contributed by atoms with Gasteiger partial charge in [-0.1, -0.05) is 46.0 Å². The van der Waals surface area contributed by atoms with Gasteiger partial charge in [-0.25, -0.2) is 0 Å². The number of benzene rings is 1. The summed E-state index contributed by atoms with van der Waals surface area (Å²) in [6.07, 6.45) is 1.50. The van der Waals surface area contributed by atoms with Crippen molar-refractivity contribution in [2.24, 2.45) is 0 Å². The van der Waals surface area contributed by atoms with Crippen LogP contribution in [0.1, 0.15) is 16.1 Å². The zero-order valence-corrected chi connectivity index (χ0v) is 17.3. The van der Waals surface area contributed by atoms with Crippen LogP contribution < -0.4 is 10.6 Å². The highest BCUT2D eigenvalue weighted by Crippen LogP contribution is 2.26. The molecule has 2 N–H and O–H groups in total. The van der Waals surface area contributed by atoms with Crippen molar-refractivity contribution in [1.29, 1.82) is 0 Å². The van der Waals surface area contributed by atoms with Gasteiger partial charge < -0.3 is 14.3 Å². The predicted octanol–water partition coefficient (Wildman–Crippen LogP) is 4.08. The van der Waals surface area contributed by atoms with Crippen molar-refractivity contribution < 1.29 is 18.5 Å². The first-order valence-electron chi connectivity index (χ1n) is 8.71. The van der Waals surface area contributed by atoms with Crippen LogP contribution in [0.4, 0.5) is 10.8 Å². The van der Waals surface area contributed by atoms with Crippen LogP contribution in [0.3, 0.4) is 0 Å². The molecular weight excluding hydrogens is 426 g/mol. The van der Waals surface area contributed by atoms with Crippen LogP contribution in [0, 0.1) is 6.92 Å². The van der Waals surface area contributed by atoms with Crippen molar-refractivity contribution in [3.8, 4) is 11.5 Å². The van der Waals surface area contributed by atoms with E-state index in [0.717, 1.165) is 22.6 Å². The number of nitrogens with zero attached hydrogens (tertiary/aromatic N) is 3. The molecule has 0 aliphatic heterocycles. The minimum atomic E-state index is -0.485. The maximum Gasteiger partial charge on any atom is 0.279 e. The molecule has 0 unspecified atom stereocenters. The van der Waals surface area contributed by atoms with Gasteiger partial charge in [0.15, 0.2) is 15.8 Å². The van der Waals surface area contributed by atoms with E-state index in [2.05, 4.69) is 26.0 Å². The topological polar surface area (TPSA) is 123 Å². The molecular formula is C19H15N5O4S2. The second kappa shape index (κ2) is 8.93. The third-order valence-corrected chi connectivity index (χ3v) is 5.77. The number of hydrogen-bond donors (Lipinski definition) is 2.